The van der Waals surface area contributed by atoms with Gasteiger partial charge in [0.2, 0.25) is 6.86 Å². The molecule has 2 aromatic rings. The highest BCUT2D eigenvalue weighted by atomic mass is 35.5. The monoisotopic (exact) mass is 390 g/mol. The van der Waals surface area contributed by atoms with E-state index in [2.05, 4.69) is 4.99 Å². The summed E-state index contributed by atoms with van der Waals surface area (Å²) >= 11 is 6.12. The summed E-state index contributed by atoms with van der Waals surface area (Å²) in [5, 5.41) is 0.430. The number of pyridine rings is 1. The fraction of sp³-hybridized carbons (Fsp3) is 0.353. The number of aromatic nitrogens is 1. The molecule has 0 saturated heterocycles. The minimum atomic E-state index is -4.58. The molecule has 1 aromatic carbocycles. The van der Waals surface area contributed by atoms with Crippen molar-refractivity contribution in [3.8, 4) is 11.5 Å². The van der Waals surface area contributed by atoms with E-state index < -0.39 is 24.6 Å². The van der Waals surface area contributed by atoms with Crippen molar-refractivity contribution in [2.45, 2.75) is 18.6 Å². The zero-order valence-electron chi connectivity index (χ0n) is 13.7. The first-order valence-electron chi connectivity index (χ1n) is 7.73. The van der Waals surface area contributed by atoms with Crippen LogP contribution in [0.4, 0.5) is 17.6 Å². The van der Waals surface area contributed by atoms with Crippen LogP contribution in [0.15, 0.2) is 35.5 Å². The van der Waals surface area contributed by atoms with Crippen molar-refractivity contribution >= 4 is 11.6 Å². The Kier molecular flexibility index (Phi) is 5.13. The molecule has 3 rings (SSSR count). The van der Waals surface area contributed by atoms with E-state index in [4.69, 9.17) is 21.1 Å². The fourth-order valence-corrected chi connectivity index (χ4v) is 3.05. The summed E-state index contributed by atoms with van der Waals surface area (Å²) in [6.45, 7) is -0.908. The van der Waals surface area contributed by atoms with Crippen molar-refractivity contribution in [3.05, 3.63) is 52.1 Å². The van der Waals surface area contributed by atoms with E-state index in [0.717, 1.165) is 17.8 Å². The molecule has 2 heterocycles. The van der Waals surface area contributed by atoms with E-state index in [1.807, 2.05) is 0 Å². The average Bonchev–Trinajstić information content (AvgIpc) is 2.57. The van der Waals surface area contributed by atoms with E-state index in [-0.39, 0.29) is 11.2 Å². The molecule has 140 valence electrons. The molecule has 26 heavy (non-hydrogen) atoms. The van der Waals surface area contributed by atoms with Crippen molar-refractivity contribution in [2.75, 3.05) is 13.5 Å². The van der Waals surface area contributed by atoms with Crippen LogP contribution in [0.1, 0.15) is 23.6 Å². The summed E-state index contributed by atoms with van der Waals surface area (Å²) in [6, 6.07) is 5.55. The van der Waals surface area contributed by atoms with Crippen molar-refractivity contribution in [1.29, 1.82) is 0 Å². The normalized spacial score (nSPS) is 17.6. The first-order valence-corrected chi connectivity index (χ1v) is 8.10. The van der Waals surface area contributed by atoms with Gasteiger partial charge in [0, 0.05) is 25.2 Å². The van der Waals surface area contributed by atoms with Gasteiger partial charge in [-0.2, -0.15) is 13.2 Å². The van der Waals surface area contributed by atoms with Gasteiger partial charge in [-0.05, 0) is 12.1 Å². The highest BCUT2D eigenvalue weighted by Gasteiger charge is 2.32. The molecule has 0 radical (unpaired) electrons. The zero-order chi connectivity index (χ0) is 18.9. The quantitative estimate of drug-likeness (QED) is 0.727. The number of fused-ring (bicyclic) bond motifs is 1. The number of aryl methyl sites for hydroxylation is 1. The van der Waals surface area contributed by atoms with Crippen LogP contribution in [0.5, 0.6) is 11.5 Å². The Morgan fingerprint density at radius 2 is 2.15 bits per heavy atom. The lowest BCUT2D eigenvalue weighted by molar-refractivity contribution is -0.138. The molecule has 0 spiro atoms. The van der Waals surface area contributed by atoms with Gasteiger partial charge in [-0.15, -0.1) is 0 Å². The Bertz CT molecular complexity index is 880. The molecule has 1 atom stereocenters. The lowest BCUT2D eigenvalue weighted by atomic mass is 10.0. The number of benzene rings is 1. The summed E-state index contributed by atoms with van der Waals surface area (Å²) in [5.74, 6) is 0.219. The third kappa shape index (κ3) is 3.65. The van der Waals surface area contributed by atoms with Gasteiger partial charge in [0.15, 0.2) is 11.2 Å². The molecule has 1 aromatic heterocycles. The molecule has 1 aliphatic heterocycles. The summed E-state index contributed by atoms with van der Waals surface area (Å²) in [7, 11) is 1.40. The molecule has 0 bridgehead atoms. The van der Waals surface area contributed by atoms with Gasteiger partial charge < -0.3 is 14.0 Å². The number of alkyl halides is 4. The topological polar surface area (TPSA) is 35.8 Å². The molecule has 0 saturated carbocycles. The van der Waals surface area contributed by atoms with E-state index >= 15 is 0 Å². The maximum atomic E-state index is 13.0. The summed E-state index contributed by atoms with van der Waals surface area (Å²) in [5.41, 5.74) is -0.124. The predicted molar refractivity (Wildman–Crippen MR) is 86.9 cm³/mol. The average molecular weight is 391 g/mol. The maximum Gasteiger partial charge on any atom is 0.417 e. The number of rotatable bonds is 3. The molecule has 0 aliphatic carbocycles. The van der Waals surface area contributed by atoms with E-state index in [1.54, 1.807) is 18.2 Å². The molecular formula is C17H15ClF4N2O2. The predicted octanol–water partition coefficient (Wildman–Crippen LogP) is 4.43. The van der Waals surface area contributed by atoms with Gasteiger partial charge in [-0.3, -0.25) is 4.99 Å². The second kappa shape index (κ2) is 7.19. The molecule has 0 N–H and O–H groups in total. The number of para-hydroxylation sites is 1. The number of ether oxygens (including phenoxy) is 2. The lowest BCUT2D eigenvalue weighted by Crippen LogP contribution is -2.25. The van der Waals surface area contributed by atoms with Crippen molar-refractivity contribution in [3.63, 3.8) is 0 Å². The van der Waals surface area contributed by atoms with Crippen LogP contribution < -0.4 is 15.0 Å². The van der Waals surface area contributed by atoms with Crippen molar-refractivity contribution in [1.82, 2.24) is 4.57 Å². The first-order chi connectivity index (χ1) is 12.3. The van der Waals surface area contributed by atoms with Gasteiger partial charge in [0.05, 0.1) is 23.2 Å². The third-order valence-corrected chi connectivity index (χ3v) is 4.28. The maximum absolute atomic E-state index is 13.0. The second-order valence-electron chi connectivity index (χ2n) is 5.72. The largest absolute Gasteiger partial charge is 0.492 e. The molecule has 0 amide bonds. The molecule has 4 nitrogen and oxygen atoms in total. The van der Waals surface area contributed by atoms with E-state index in [0.29, 0.717) is 23.8 Å². The number of hydrogen-bond acceptors (Lipinski definition) is 3. The van der Waals surface area contributed by atoms with Crippen LogP contribution >= 0.6 is 11.6 Å². The Balaban J connectivity index is 2.14. The number of hydrogen-bond donors (Lipinski definition) is 0. The minimum absolute atomic E-state index is 0.105. The van der Waals surface area contributed by atoms with Crippen LogP contribution in [0.2, 0.25) is 5.02 Å². The van der Waals surface area contributed by atoms with Gasteiger partial charge in [-0.25, -0.2) is 4.39 Å². The van der Waals surface area contributed by atoms with Gasteiger partial charge in [-0.1, -0.05) is 23.7 Å². The fourth-order valence-electron chi connectivity index (χ4n) is 2.81. The van der Waals surface area contributed by atoms with Gasteiger partial charge in [0.25, 0.3) is 0 Å². The molecule has 9 heteroatoms. The molecule has 1 aliphatic rings. The van der Waals surface area contributed by atoms with E-state index in [9.17, 15) is 17.6 Å². The number of halogens is 5. The molecule has 0 fully saturated rings. The van der Waals surface area contributed by atoms with E-state index in [1.165, 1.54) is 11.6 Å². The SMILES string of the molecule is Cn1cc(C(F)(F)F)cc(OCF)c1=NC1CCOc2c(Cl)cccc21. The summed E-state index contributed by atoms with van der Waals surface area (Å²) in [6.07, 6.45) is -3.19. The minimum Gasteiger partial charge on any atom is -0.492 e. The third-order valence-electron chi connectivity index (χ3n) is 3.98. The Hall–Kier alpha value is -2.22. The smallest absolute Gasteiger partial charge is 0.417 e. The Morgan fingerprint density at radius 3 is 2.85 bits per heavy atom. The lowest BCUT2D eigenvalue weighted by Gasteiger charge is -2.24. The summed E-state index contributed by atoms with van der Waals surface area (Å²) < 4.78 is 63.2. The van der Waals surface area contributed by atoms with Crippen LogP contribution in [-0.2, 0) is 13.2 Å². The zero-order valence-corrected chi connectivity index (χ0v) is 14.4. The molecule has 1 unspecified atom stereocenters. The first kappa shape index (κ1) is 18.6. The standard InChI is InChI=1S/C17H15ClF4N2O2/c1-24-8-10(17(20,21)22)7-14(26-9-19)16(24)23-13-5-6-25-15-11(13)3-2-4-12(15)18/h2-4,7-8,13H,5-6,9H2,1H3. The van der Waals surface area contributed by atoms with Crippen molar-refractivity contribution in [2.24, 2.45) is 12.0 Å². The molecular weight excluding hydrogens is 376 g/mol. The van der Waals surface area contributed by atoms with Crippen molar-refractivity contribution < 1.29 is 27.0 Å². The van der Waals surface area contributed by atoms with Crippen LogP contribution in [0.3, 0.4) is 0 Å². The van der Waals surface area contributed by atoms with Crippen LogP contribution in [-0.4, -0.2) is 18.0 Å². The van der Waals surface area contributed by atoms with Gasteiger partial charge in [0.1, 0.15) is 5.75 Å². The number of nitrogens with zero attached hydrogens (tertiary/aromatic N) is 2. The van der Waals surface area contributed by atoms with Crippen LogP contribution in [0, 0.1) is 0 Å². The van der Waals surface area contributed by atoms with Crippen LogP contribution in [0.25, 0.3) is 0 Å². The Labute approximate surface area is 151 Å². The van der Waals surface area contributed by atoms with Gasteiger partial charge >= 0.3 is 6.18 Å². The summed E-state index contributed by atoms with van der Waals surface area (Å²) in [4.78, 5) is 4.51. The highest BCUT2D eigenvalue weighted by molar-refractivity contribution is 6.32. The highest BCUT2D eigenvalue weighted by Crippen LogP contribution is 2.39. The second-order valence-corrected chi connectivity index (χ2v) is 6.13. The Morgan fingerprint density at radius 1 is 1.38 bits per heavy atom.